The number of aromatic nitrogens is 2. The van der Waals surface area contributed by atoms with Crippen molar-refractivity contribution in [1.29, 1.82) is 0 Å². The summed E-state index contributed by atoms with van der Waals surface area (Å²) in [4.78, 5) is 194. The summed E-state index contributed by atoms with van der Waals surface area (Å²) >= 11 is 0. The number of pyridine rings is 2. The normalized spacial score (nSPS) is 21.1. The Bertz CT molecular complexity index is 3930. The van der Waals surface area contributed by atoms with Crippen LogP contribution >= 0.6 is 0 Å². The smallest absolute Gasteiger partial charge is 0.274 e. The fraction of sp³-hybridized carbons (Fsp3) is 0.462. The van der Waals surface area contributed by atoms with Gasteiger partial charge in [0.15, 0.2) is 22.9 Å². The molecule has 2 aromatic heterocycles. The molecule has 28 heteroatoms. The van der Waals surface area contributed by atoms with E-state index in [4.69, 9.17) is 19.4 Å². The summed E-state index contributed by atoms with van der Waals surface area (Å²) in [6.45, 7) is 10.1. The Morgan fingerprint density at radius 3 is 1.18 bits per heavy atom. The highest BCUT2D eigenvalue weighted by Crippen LogP contribution is 2.29. The van der Waals surface area contributed by atoms with Crippen molar-refractivity contribution in [3.63, 3.8) is 0 Å². The van der Waals surface area contributed by atoms with Crippen LogP contribution in [0.5, 0.6) is 11.5 Å². The summed E-state index contributed by atoms with van der Waals surface area (Å²) in [6, 6.07) is 26.6. The van der Waals surface area contributed by atoms with Crippen LogP contribution in [-0.2, 0) is 61.2 Å². The van der Waals surface area contributed by atoms with Crippen LogP contribution < -0.4 is 41.4 Å². The van der Waals surface area contributed by atoms with Crippen LogP contribution in [-0.4, -0.2) is 225 Å². The van der Waals surface area contributed by atoms with E-state index >= 15 is 9.59 Å². The zero-order valence-electron chi connectivity index (χ0n) is 61.9. The van der Waals surface area contributed by atoms with Gasteiger partial charge in [-0.2, -0.15) is 0 Å². The van der Waals surface area contributed by atoms with Crippen LogP contribution in [0.25, 0.3) is 21.8 Å². The lowest BCUT2D eigenvalue weighted by Crippen LogP contribution is -2.62. The van der Waals surface area contributed by atoms with Crippen molar-refractivity contribution in [2.45, 2.75) is 155 Å². The SMILES string of the molecule is CC(C)[C@H]1C(=O)NC[C@@H](NC(=O)c2nc3ccccc3cc2OCc2ccccc2)C(=O)N2CCCC[C@H]2C(=O)NCC(=O)N(C(C)C)CC(=O)N(C)[C@@H](C(C)C)C(=O)NC[C@@H](NC(=O)c2nc3ccccc3cc2OCc2ccccc2)C(=O)N2CCCC[C@H]2C(=O)NCC(=O)N(C(C)C)CC(=O)N1C. The number of piperidine rings is 2. The number of nitrogens with zero attached hydrogens (tertiary/aromatic N) is 8. The molecule has 9 rings (SSSR count). The van der Waals surface area contributed by atoms with Gasteiger partial charge in [-0.1, -0.05) is 125 Å². The topological polar surface area (TPSA) is 341 Å². The molecule has 6 aromatic rings. The van der Waals surface area contributed by atoms with Crippen molar-refractivity contribution in [2.75, 3.05) is 66.5 Å². The average Bonchev–Trinajstić information content (AvgIpc) is 0.753. The number of hydrogen-bond acceptors (Lipinski definition) is 16. The summed E-state index contributed by atoms with van der Waals surface area (Å²) in [5.41, 5.74) is 2.07. The minimum atomic E-state index is -1.59. The van der Waals surface area contributed by atoms with Gasteiger partial charge in [0, 0.05) is 63.1 Å². The molecule has 0 saturated carbocycles. The standard InChI is InChI=1S/C78H98N14O14/c1-47(2)69-75(101)79-39-57(85-73(99)67-61(105-45-51-25-13-11-14-26-51)37-53-29-17-19-31-55(53)83-67)77(103)89-35-23-21-33-59(89)71(97)82-42-64(94)92(50(7)8)44-66(96)88(10)70(48(3)4)76(102)80-40-58(86-74(100)68-62(106-46-52-27-15-12-16-28-52)38-54-30-18-20-32-56(54)84-68)78(104)90-36-24-22-34-60(90)72(98)81-41-63(93)91(49(5)6)43-65(95)87(69)9/h11-20,25-32,37-38,47-50,57-60,69-70H,21-24,33-36,39-46H2,1-10H3,(H,79,101)(H,80,102)(H,81,98)(H,82,97)(H,85,99)(H,86,100)/t57-,58-,59+,60+,69+,70+/m1/s1. The number of hydrogen-bond donors (Lipinski definition) is 6. The van der Waals surface area contributed by atoms with Gasteiger partial charge in [-0.3, -0.25) is 57.5 Å². The van der Waals surface area contributed by atoms with E-state index in [1.54, 1.807) is 116 Å². The Labute approximate surface area is 617 Å². The van der Waals surface area contributed by atoms with E-state index < -0.39 is 170 Å². The van der Waals surface area contributed by atoms with Gasteiger partial charge in [0.25, 0.3) is 11.8 Å². The lowest BCUT2D eigenvalue weighted by molar-refractivity contribution is -0.147. The Morgan fingerprint density at radius 1 is 0.462 bits per heavy atom. The molecule has 564 valence electrons. The molecule has 3 aliphatic heterocycles. The number of rotatable bonds is 14. The molecule has 0 radical (unpaired) electrons. The van der Waals surface area contributed by atoms with E-state index in [0.717, 1.165) is 11.1 Å². The molecule has 0 spiro atoms. The molecular formula is C78H98N14O14. The first-order chi connectivity index (χ1) is 50.7. The van der Waals surface area contributed by atoms with Crippen LogP contribution in [0.2, 0.25) is 0 Å². The monoisotopic (exact) mass is 1450 g/mol. The van der Waals surface area contributed by atoms with E-state index in [0.29, 0.717) is 47.5 Å². The fourth-order valence-electron chi connectivity index (χ4n) is 13.6. The predicted octanol–water partition coefficient (Wildman–Crippen LogP) is 4.52. The highest BCUT2D eigenvalue weighted by molar-refractivity contribution is 6.03. The first-order valence-electron chi connectivity index (χ1n) is 36.3. The van der Waals surface area contributed by atoms with Crippen LogP contribution in [0.15, 0.2) is 121 Å². The largest absolute Gasteiger partial charge is 0.486 e. The average molecular weight is 1460 g/mol. The van der Waals surface area contributed by atoms with Crippen molar-refractivity contribution in [3.8, 4) is 11.5 Å². The van der Waals surface area contributed by atoms with Gasteiger partial charge in [0.05, 0.1) is 24.1 Å². The van der Waals surface area contributed by atoms with E-state index in [-0.39, 0.29) is 62.0 Å². The minimum Gasteiger partial charge on any atom is -0.486 e. The first kappa shape index (κ1) is 79.1. The second-order valence-corrected chi connectivity index (χ2v) is 28.3. The number of benzene rings is 4. The van der Waals surface area contributed by atoms with Crippen LogP contribution in [0, 0.1) is 11.8 Å². The highest BCUT2D eigenvalue weighted by Gasteiger charge is 2.42. The third kappa shape index (κ3) is 19.9. The Balaban J connectivity index is 1.03. The molecule has 5 heterocycles. The van der Waals surface area contributed by atoms with E-state index in [2.05, 4.69) is 31.9 Å². The molecule has 106 heavy (non-hydrogen) atoms. The van der Waals surface area contributed by atoms with Crippen molar-refractivity contribution >= 4 is 92.7 Å². The molecule has 3 saturated heterocycles. The number of para-hydroxylation sites is 2. The van der Waals surface area contributed by atoms with Crippen molar-refractivity contribution in [1.82, 2.24) is 71.3 Å². The molecule has 28 nitrogen and oxygen atoms in total. The maximum absolute atomic E-state index is 15.4. The Hall–Kier alpha value is -11.1. The second kappa shape index (κ2) is 36.6. The molecule has 4 aromatic carbocycles. The van der Waals surface area contributed by atoms with Gasteiger partial charge >= 0.3 is 0 Å². The molecule has 3 fully saturated rings. The zero-order valence-corrected chi connectivity index (χ0v) is 61.9. The van der Waals surface area contributed by atoms with Crippen LogP contribution in [0.3, 0.4) is 0 Å². The number of nitrogens with one attached hydrogen (secondary N) is 6. The third-order valence-corrected chi connectivity index (χ3v) is 19.4. The summed E-state index contributed by atoms with van der Waals surface area (Å²) in [5.74, 6) is -9.91. The van der Waals surface area contributed by atoms with Gasteiger partial charge < -0.3 is 70.8 Å². The molecule has 12 amide bonds. The molecule has 3 aliphatic rings. The number of carbonyl (C=O) groups excluding carboxylic acids is 12. The number of amides is 12. The van der Waals surface area contributed by atoms with Gasteiger partial charge in [-0.15, -0.1) is 0 Å². The summed E-state index contributed by atoms with van der Waals surface area (Å²) in [5, 5.41) is 17.9. The third-order valence-electron chi connectivity index (χ3n) is 19.4. The number of carbonyl (C=O) groups is 12. The molecule has 6 atom stereocenters. The molecular weight excluding hydrogens is 1360 g/mol. The van der Waals surface area contributed by atoms with E-state index in [9.17, 15) is 47.9 Å². The summed E-state index contributed by atoms with van der Waals surface area (Å²) in [7, 11) is 2.79. The maximum atomic E-state index is 15.4. The number of likely N-dealkylation sites (N-methyl/N-ethyl adjacent to an activating group) is 2. The lowest BCUT2D eigenvalue weighted by atomic mass is 9.99. The minimum absolute atomic E-state index is 0.0221. The van der Waals surface area contributed by atoms with Crippen molar-refractivity contribution in [3.05, 3.63) is 144 Å². The molecule has 0 unspecified atom stereocenters. The Kier molecular flexibility index (Phi) is 27.3. The molecule has 0 bridgehead atoms. The van der Waals surface area contributed by atoms with E-state index in [1.165, 1.54) is 43.5 Å². The lowest BCUT2D eigenvalue weighted by Gasteiger charge is -2.38. The van der Waals surface area contributed by atoms with Gasteiger partial charge in [0.1, 0.15) is 62.6 Å². The second-order valence-electron chi connectivity index (χ2n) is 28.3. The van der Waals surface area contributed by atoms with Gasteiger partial charge in [0.2, 0.25) is 59.1 Å². The summed E-state index contributed by atoms with van der Waals surface area (Å²) in [6.07, 6.45) is 2.12. The van der Waals surface area contributed by atoms with Crippen LogP contribution in [0.1, 0.15) is 126 Å². The Morgan fingerprint density at radius 2 is 0.821 bits per heavy atom. The predicted molar refractivity (Wildman–Crippen MR) is 395 cm³/mol. The van der Waals surface area contributed by atoms with Crippen molar-refractivity contribution < 1.29 is 67.0 Å². The van der Waals surface area contributed by atoms with Crippen LogP contribution in [0.4, 0.5) is 0 Å². The summed E-state index contributed by atoms with van der Waals surface area (Å²) < 4.78 is 12.5. The van der Waals surface area contributed by atoms with E-state index in [1.807, 2.05) is 60.7 Å². The quantitative estimate of drug-likeness (QED) is 0.0873. The van der Waals surface area contributed by atoms with Gasteiger partial charge in [-0.25, -0.2) is 9.97 Å². The molecule has 0 aliphatic carbocycles. The van der Waals surface area contributed by atoms with Gasteiger partial charge in [-0.05, 0) is 113 Å². The highest BCUT2D eigenvalue weighted by atomic mass is 16.5. The van der Waals surface area contributed by atoms with Crippen molar-refractivity contribution in [2.24, 2.45) is 11.8 Å². The fourth-order valence-corrected chi connectivity index (χ4v) is 13.6. The number of ether oxygens (including phenoxy) is 2. The zero-order chi connectivity index (χ0) is 76.5. The maximum Gasteiger partial charge on any atom is 0.274 e. The number of fused-ring (bicyclic) bond motifs is 4. The first-order valence-corrected chi connectivity index (χ1v) is 36.3. The molecule has 6 N–H and O–H groups in total.